The molecule has 110 valence electrons. The molecule has 0 aliphatic carbocycles. The summed E-state index contributed by atoms with van der Waals surface area (Å²) >= 11 is 0. The predicted octanol–water partition coefficient (Wildman–Crippen LogP) is 3.28. The number of hydrogen-bond donors (Lipinski definition) is 0. The summed E-state index contributed by atoms with van der Waals surface area (Å²) in [6, 6.07) is 10.8. The molecule has 0 bridgehead atoms. The number of aryl methyl sites for hydroxylation is 2. The molecule has 0 saturated heterocycles. The van der Waals surface area contributed by atoms with Crippen LogP contribution in [0, 0.1) is 12.7 Å². The van der Waals surface area contributed by atoms with Gasteiger partial charge in [-0.1, -0.05) is 18.2 Å². The Kier molecular flexibility index (Phi) is 3.45. The molecule has 0 spiro atoms. The maximum atomic E-state index is 13.0. The Labute approximate surface area is 124 Å². The van der Waals surface area contributed by atoms with Gasteiger partial charge in [0.15, 0.2) is 0 Å². The maximum Gasteiger partial charge on any atom is 0.264 e. The molecule has 3 nitrogen and oxygen atoms in total. The zero-order valence-corrected chi connectivity index (χ0v) is 12.5. The number of hydrogen-bond acceptors (Lipinski definition) is 2. The number of rotatable bonds is 2. The minimum Gasteiger partial charge on any atom is -0.266 e. The summed E-state index contributed by atoms with van der Waals surface area (Å²) in [5.41, 5.74) is 2.76. The van der Waals surface area contributed by atoms with Gasteiger partial charge in [-0.3, -0.25) is 4.31 Å². The Hall–Kier alpha value is -1.88. The van der Waals surface area contributed by atoms with Crippen LogP contribution in [0.25, 0.3) is 0 Å². The summed E-state index contributed by atoms with van der Waals surface area (Å²) in [4.78, 5) is 0.125. The second-order valence-electron chi connectivity index (χ2n) is 5.22. The van der Waals surface area contributed by atoms with Crippen molar-refractivity contribution >= 4 is 15.7 Å². The fraction of sp³-hybridized carbons (Fsp3) is 0.250. The van der Waals surface area contributed by atoms with Gasteiger partial charge in [-0.2, -0.15) is 0 Å². The average Bonchev–Trinajstić information content (AvgIpc) is 2.47. The standard InChI is InChI=1S/C16H16FNO2S/c1-12-4-2-5-13-6-3-11-18(16(12)13)21(19,20)15-9-7-14(17)8-10-15/h2,4-5,7-10H,3,6,11H2,1H3. The molecular weight excluding hydrogens is 289 g/mol. The highest BCUT2D eigenvalue weighted by Crippen LogP contribution is 2.34. The Morgan fingerprint density at radius 2 is 1.81 bits per heavy atom. The maximum absolute atomic E-state index is 13.0. The summed E-state index contributed by atoms with van der Waals surface area (Å²) in [5.74, 6) is -0.441. The Morgan fingerprint density at radius 1 is 1.10 bits per heavy atom. The molecule has 5 heteroatoms. The largest absolute Gasteiger partial charge is 0.266 e. The molecule has 0 N–H and O–H groups in total. The zero-order chi connectivity index (χ0) is 15.0. The lowest BCUT2D eigenvalue weighted by atomic mass is 10.0. The molecule has 21 heavy (non-hydrogen) atoms. The van der Waals surface area contributed by atoms with E-state index in [-0.39, 0.29) is 4.90 Å². The van der Waals surface area contributed by atoms with Crippen LogP contribution in [0.2, 0.25) is 0 Å². The molecule has 0 saturated carbocycles. The van der Waals surface area contributed by atoms with Gasteiger partial charge in [0.25, 0.3) is 10.0 Å². The number of fused-ring (bicyclic) bond motifs is 1. The number of para-hydroxylation sites is 1. The molecule has 0 fully saturated rings. The third-order valence-corrected chi connectivity index (χ3v) is 5.59. The van der Waals surface area contributed by atoms with E-state index in [1.165, 1.54) is 28.6 Å². The molecule has 0 unspecified atom stereocenters. The summed E-state index contributed by atoms with van der Waals surface area (Å²) < 4.78 is 40.1. The number of nitrogens with zero attached hydrogens (tertiary/aromatic N) is 1. The van der Waals surface area contributed by atoms with Gasteiger partial charge >= 0.3 is 0 Å². The third-order valence-electron chi connectivity index (χ3n) is 3.78. The Morgan fingerprint density at radius 3 is 2.52 bits per heavy atom. The van der Waals surface area contributed by atoms with Crippen LogP contribution in [0.1, 0.15) is 17.5 Å². The molecular formula is C16H16FNO2S. The molecule has 0 atom stereocenters. The first-order valence-electron chi connectivity index (χ1n) is 6.87. The van der Waals surface area contributed by atoms with Crippen LogP contribution in [0.3, 0.4) is 0 Å². The number of benzene rings is 2. The SMILES string of the molecule is Cc1cccc2c1N(S(=O)(=O)c1ccc(F)cc1)CCC2. The number of anilines is 1. The van der Waals surface area contributed by atoms with E-state index in [0.717, 1.165) is 29.7 Å². The van der Waals surface area contributed by atoms with Gasteiger partial charge in [0.05, 0.1) is 10.6 Å². The van der Waals surface area contributed by atoms with Gasteiger partial charge in [-0.15, -0.1) is 0 Å². The molecule has 2 aromatic carbocycles. The van der Waals surface area contributed by atoms with Gasteiger partial charge in [0, 0.05) is 6.54 Å². The van der Waals surface area contributed by atoms with Crippen LogP contribution in [0.4, 0.5) is 10.1 Å². The van der Waals surface area contributed by atoms with Gasteiger partial charge in [0.2, 0.25) is 0 Å². The van der Waals surface area contributed by atoms with Crippen LogP contribution in [-0.4, -0.2) is 15.0 Å². The van der Waals surface area contributed by atoms with Crippen molar-refractivity contribution < 1.29 is 12.8 Å². The Bertz CT molecular complexity index is 769. The molecule has 1 aliphatic rings. The van der Waals surface area contributed by atoms with Crippen molar-refractivity contribution in [3.8, 4) is 0 Å². The lowest BCUT2D eigenvalue weighted by Crippen LogP contribution is -2.36. The van der Waals surface area contributed by atoms with Crippen molar-refractivity contribution in [3.63, 3.8) is 0 Å². The minimum absolute atomic E-state index is 0.125. The average molecular weight is 305 g/mol. The molecule has 2 aromatic rings. The summed E-state index contributed by atoms with van der Waals surface area (Å²) in [5, 5.41) is 0. The third kappa shape index (κ3) is 2.42. The van der Waals surface area contributed by atoms with Crippen molar-refractivity contribution in [2.75, 3.05) is 10.8 Å². The van der Waals surface area contributed by atoms with E-state index in [1.807, 2.05) is 25.1 Å². The monoisotopic (exact) mass is 305 g/mol. The van der Waals surface area contributed by atoms with E-state index in [1.54, 1.807) is 0 Å². The van der Waals surface area contributed by atoms with Gasteiger partial charge in [-0.05, 0) is 55.2 Å². The first kappa shape index (κ1) is 14.1. The zero-order valence-electron chi connectivity index (χ0n) is 11.7. The highest BCUT2D eigenvalue weighted by molar-refractivity contribution is 7.92. The van der Waals surface area contributed by atoms with Gasteiger partial charge < -0.3 is 0 Å². The van der Waals surface area contributed by atoms with Crippen molar-refractivity contribution in [1.29, 1.82) is 0 Å². The van der Waals surface area contributed by atoms with Crippen molar-refractivity contribution in [1.82, 2.24) is 0 Å². The van der Waals surface area contributed by atoms with E-state index >= 15 is 0 Å². The van der Waals surface area contributed by atoms with E-state index in [9.17, 15) is 12.8 Å². The van der Waals surface area contributed by atoms with Crippen LogP contribution in [-0.2, 0) is 16.4 Å². The first-order valence-corrected chi connectivity index (χ1v) is 8.31. The summed E-state index contributed by atoms with van der Waals surface area (Å²) in [6.45, 7) is 2.37. The Balaban J connectivity index is 2.12. The van der Waals surface area contributed by atoms with Crippen LogP contribution >= 0.6 is 0 Å². The van der Waals surface area contributed by atoms with E-state index < -0.39 is 15.8 Å². The predicted molar refractivity (Wildman–Crippen MR) is 80.4 cm³/mol. The van der Waals surface area contributed by atoms with Crippen LogP contribution < -0.4 is 4.31 Å². The lowest BCUT2D eigenvalue weighted by molar-refractivity contribution is 0.585. The van der Waals surface area contributed by atoms with E-state index in [2.05, 4.69) is 0 Å². The first-order chi connectivity index (χ1) is 10.00. The van der Waals surface area contributed by atoms with Gasteiger partial charge in [0.1, 0.15) is 5.82 Å². The normalized spacial score (nSPS) is 14.9. The van der Waals surface area contributed by atoms with Crippen molar-refractivity contribution in [2.45, 2.75) is 24.7 Å². The number of sulfonamides is 1. The van der Waals surface area contributed by atoms with E-state index in [4.69, 9.17) is 0 Å². The molecule has 0 amide bonds. The second kappa shape index (κ2) is 5.15. The van der Waals surface area contributed by atoms with Crippen molar-refractivity contribution in [2.24, 2.45) is 0 Å². The minimum atomic E-state index is -3.65. The highest BCUT2D eigenvalue weighted by atomic mass is 32.2. The van der Waals surface area contributed by atoms with Crippen molar-refractivity contribution in [3.05, 3.63) is 59.4 Å². The highest BCUT2D eigenvalue weighted by Gasteiger charge is 2.30. The lowest BCUT2D eigenvalue weighted by Gasteiger charge is -2.32. The molecule has 0 radical (unpaired) electrons. The summed E-state index contributed by atoms with van der Waals surface area (Å²) in [7, 11) is -3.65. The summed E-state index contributed by atoms with van der Waals surface area (Å²) in [6.07, 6.45) is 1.67. The topological polar surface area (TPSA) is 37.4 Å². The molecule has 0 aromatic heterocycles. The molecule has 1 aliphatic heterocycles. The fourth-order valence-electron chi connectivity index (χ4n) is 2.78. The number of halogens is 1. The van der Waals surface area contributed by atoms with Crippen LogP contribution in [0.5, 0.6) is 0 Å². The smallest absolute Gasteiger partial charge is 0.264 e. The van der Waals surface area contributed by atoms with Crippen LogP contribution in [0.15, 0.2) is 47.4 Å². The second-order valence-corrected chi connectivity index (χ2v) is 7.08. The van der Waals surface area contributed by atoms with E-state index in [0.29, 0.717) is 6.54 Å². The van der Waals surface area contributed by atoms with Gasteiger partial charge in [-0.25, -0.2) is 12.8 Å². The quantitative estimate of drug-likeness (QED) is 0.854. The molecule has 1 heterocycles. The molecule has 3 rings (SSSR count). The fourth-order valence-corrected chi connectivity index (χ4v) is 4.38.